The summed E-state index contributed by atoms with van der Waals surface area (Å²) >= 11 is 0. The average Bonchev–Trinajstić information content (AvgIpc) is 2.80. The van der Waals surface area contributed by atoms with Crippen LogP contribution in [0.2, 0.25) is 0 Å². The molecule has 136 valence electrons. The van der Waals surface area contributed by atoms with E-state index in [9.17, 15) is 0 Å². The van der Waals surface area contributed by atoms with Crippen LogP contribution in [-0.2, 0) is 0 Å². The zero-order valence-corrected chi connectivity index (χ0v) is 15.5. The Balaban J connectivity index is 1.71. The van der Waals surface area contributed by atoms with Crippen molar-refractivity contribution in [1.29, 1.82) is 0 Å². The maximum absolute atomic E-state index is 4.68. The van der Waals surface area contributed by atoms with Crippen LogP contribution in [-0.4, -0.2) is 15.0 Å². The molecule has 4 nitrogen and oxygen atoms in total. The molecule has 0 N–H and O–H groups in total. The van der Waals surface area contributed by atoms with Crippen LogP contribution in [0, 0.1) is 0 Å². The molecule has 0 aliphatic carbocycles. The lowest BCUT2D eigenvalue weighted by molar-refractivity contribution is 1.13. The summed E-state index contributed by atoms with van der Waals surface area (Å²) in [4.78, 5) is 15.8. The number of hydrogen-bond acceptors (Lipinski definition) is 4. The molecule has 1 aliphatic rings. The Kier molecular flexibility index (Phi) is 3.43. The lowest BCUT2D eigenvalue weighted by Gasteiger charge is -2.32. The summed E-state index contributed by atoms with van der Waals surface area (Å²) in [6.07, 6.45) is 5.34. The molecule has 1 aliphatic heterocycles. The summed E-state index contributed by atoms with van der Waals surface area (Å²) < 4.78 is 0. The van der Waals surface area contributed by atoms with Gasteiger partial charge in [-0.15, -0.1) is 0 Å². The van der Waals surface area contributed by atoms with Crippen molar-refractivity contribution < 1.29 is 0 Å². The van der Waals surface area contributed by atoms with Gasteiger partial charge in [-0.1, -0.05) is 36.4 Å². The third-order valence-corrected chi connectivity index (χ3v) is 5.36. The Hall–Kier alpha value is -4.05. The largest absolute Gasteiger partial charge is 0.306 e. The molecule has 0 amide bonds. The van der Waals surface area contributed by atoms with Gasteiger partial charge >= 0.3 is 0 Å². The predicted octanol–water partition coefficient (Wildman–Crippen LogP) is 6.14. The molecule has 0 unspecified atom stereocenters. The van der Waals surface area contributed by atoms with E-state index in [1.807, 2.05) is 36.7 Å². The SMILES string of the molecule is c1ccc(N2c3cncnc3-c3cc(-c4ccccn4)cc4cccc2c34)cc1. The third-order valence-electron chi connectivity index (χ3n) is 5.36. The van der Waals surface area contributed by atoms with Crippen LogP contribution in [0.15, 0.2) is 97.6 Å². The molecule has 5 aromatic rings. The van der Waals surface area contributed by atoms with Crippen molar-refractivity contribution in [2.75, 3.05) is 4.90 Å². The highest BCUT2D eigenvalue weighted by molar-refractivity contribution is 6.14. The molecule has 4 heteroatoms. The number of aromatic nitrogens is 3. The molecule has 3 aromatic carbocycles. The summed E-state index contributed by atoms with van der Waals surface area (Å²) in [5, 5.41) is 2.37. The molecular formula is C25H16N4. The van der Waals surface area contributed by atoms with Crippen molar-refractivity contribution in [2.45, 2.75) is 0 Å². The molecule has 3 heterocycles. The number of hydrogen-bond donors (Lipinski definition) is 0. The average molecular weight is 372 g/mol. The monoisotopic (exact) mass is 372 g/mol. The summed E-state index contributed by atoms with van der Waals surface area (Å²) in [6.45, 7) is 0. The summed E-state index contributed by atoms with van der Waals surface area (Å²) in [7, 11) is 0. The standard InChI is InChI=1S/C25H16N4/c1-2-8-19(9-3-1)29-22-11-6-7-17-13-18(21-10-4-5-12-27-21)14-20(24(17)22)25-23(29)15-26-16-28-25/h1-16H. The number of rotatable bonds is 2. The third kappa shape index (κ3) is 2.43. The smallest absolute Gasteiger partial charge is 0.116 e. The summed E-state index contributed by atoms with van der Waals surface area (Å²) in [6, 6.07) is 27.2. The van der Waals surface area contributed by atoms with Crippen LogP contribution in [0.4, 0.5) is 17.1 Å². The van der Waals surface area contributed by atoms with Crippen LogP contribution in [0.5, 0.6) is 0 Å². The van der Waals surface area contributed by atoms with Gasteiger partial charge in [0.05, 0.1) is 29.0 Å². The molecule has 29 heavy (non-hydrogen) atoms. The zero-order chi connectivity index (χ0) is 19.2. The van der Waals surface area contributed by atoms with E-state index in [-0.39, 0.29) is 0 Å². The second-order valence-electron chi connectivity index (χ2n) is 7.04. The Labute approximate surface area is 168 Å². The van der Waals surface area contributed by atoms with E-state index in [4.69, 9.17) is 0 Å². The topological polar surface area (TPSA) is 41.9 Å². The summed E-state index contributed by atoms with van der Waals surface area (Å²) in [5.41, 5.74) is 7.31. The highest BCUT2D eigenvalue weighted by atomic mass is 15.2. The Morgan fingerprint density at radius 1 is 0.724 bits per heavy atom. The van der Waals surface area contributed by atoms with Gasteiger partial charge in [0.25, 0.3) is 0 Å². The van der Waals surface area contributed by atoms with Crippen LogP contribution in [0.1, 0.15) is 0 Å². The van der Waals surface area contributed by atoms with Crippen molar-refractivity contribution in [3.63, 3.8) is 0 Å². The second kappa shape index (κ2) is 6.24. The Morgan fingerprint density at radius 3 is 2.48 bits per heavy atom. The van der Waals surface area contributed by atoms with Crippen LogP contribution < -0.4 is 4.90 Å². The van der Waals surface area contributed by atoms with Crippen molar-refractivity contribution in [3.8, 4) is 22.5 Å². The Morgan fingerprint density at radius 2 is 1.62 bits per heavy atom. The van der Waals surface area contributed by atoms with Crippen molar-refractivity contribution in [3.05, 3.63) is 97.6 Å². The van der Waals surface area contributed by atoms with E-state index in [1.54, 1.807) is 6.33 Å². The minimum atomic E-state index is 0.935. The van der Waals surface area contributed by atoms with E-state index in [0.29, 0.717) is 0 Å². The molecule has 0 saturated carbocycles. The fraction of sp³-hybridized carbons (Fsp3) is 0. The molecule has 0 atom stereocenters. The van der Waals surface area contributed by atoms with Gasteiger partial charge in [0.1, 0.15) is 6.33 Å². The second-order valence-corrected chi connectivity index (χ2v) is 7.04. The molecule has 0 bridgehead atoms. The molecular weight excluding hydrogens is 356 g/mol. The van der Waals surface area contributed by atoms with Gasteiger partial charge in [-0.2, -0.15) is 0 Å². The molecule has 0 saturated heterocycles. The Bertz CT molecular complexity index is 1350. The number of para-hydroxylation sites is 1. The zero-order valence-electron chi connectivity index (χ0n) is 15.5. The van der Waals surface area contributed by atoms with E-state index in [2.05, 4.69) is 74.4 Å². The lowest BCUT2D eigenvalue weighted by atomic mass is 9.91. The first-order chi connectivity index (χ1) is 14.4. The van der Waals surface area contributed by atoms with Gasteiger partial charge in [0.2, 0.25) is 0 Å². The minimum absolute atomic E-state index is 0.935. The van der Waals surface area contributed by atoms with E-state index in [1.165, 1.54) is 10.8 Å². The van der Waals surface area contributed by atoms with Crippen LogP contribution in [0.3, 0.4) is 0 Å². The number of nitrogens with zero attached hydrogens (tertiary/aromatic N) is 4. The van der Waals surface area contributed by atoms with Gasteiger partial charge in [-0.25, -0.2) is 9.97 Å². The van der Waals surface area contributed by atoms with Crippen molar-refractivity contribution in [2.24, 2.45) is 0 Å². The number of anilines is 3. The van der Waals surface area contributed by atoms with Crippen LogP contribution >= 0.6 is 0 Å². The van der Waals surface area contributed by atoms with Gasteiger partial charge in [-0.3, -0.25) is 4.98 Å². The normalized spacial score (nSPS) is 12.1. The van der Waals surface area contributed by atoms with Gasteiger partial charge in [0.15, 0.2) is 0 Å². The number of pyridine rings is 1. The van der Waals surface area contributed by atoms with Crippen LogP contribution in [0.25, 0.3) is 33.3 Å². The fourth-order valence-corrected chi connectivity index (χ4v) is 4.14. The number of fused-ring (bicyclic) bond motifs is 2. The van der Waals surface area contributed by atoms with Gasteiger partial charge < -0.3 is 4.90 Å². The van der Waals surface area contributed by atoms with Crippen molar-refractivity contribution in [1.82, 2.24) is 15.0 Å². The number of benzene rings is 3. The quantitative estimate of drug-likeness (QED) is 0.366. The van der Waals surface area contributed by atoms with E-state index >= 15 is 0 Å². The highest BCUT2D eigenvalue weighted by Crippen LogP contribution is 2.50. The molecule has 0 radical (unpaired) electrons. The maximum Gasteiger partial charge on any atom is 0.116 e. The first-order valence-electron chi connectivity index (χ1n) is 9.54. The van der Waals surface area contributed by atoms with E-state index in [0.717, 1.165) is 39.6 Å². The molecule has 2 aromatic heterocycles. The molecule has 6 rings (SSSR count). The first kappa shape index (κ1) is 16.0. The maximum atomic E-state index is 4.68. The minimum Gasteiger partial charge on any atom is -0.306 e. The van der Waals surface area contributed by atoms with Gasteiger partial charge in [-0.05, 0) is 47.9 Å². The summed E-state index contributed by atoms with van der Waals surface area (Å²) in [5.74, 6) is 0. The molecule has 0 fully saturated rings. The van der Waals surface area contributed by atoms with E-state index < -0.39 is 0 Å². The molecule has 0 spiro atoms. The van der Waals surface area contributed by atoms with Crippen molar-refractivity contribution >= 4 is 27.8 Å². The van der Waals surface area contributed by atoms with Gasteiger partial charge in [0, 0.05) is 28.4 Å². The fourth-order valence-electron chi connectivity index (χ4n) is 4.14. The lowest BCUT2D eigenvalue weighted by Crippen LogP contribution is -2.16. The predicted molar refractivity (Wildman–Crippen MR) is 116 cm³/mol. The first-order valence-corrected chi connectivity index (χ1v) is 9.54. The highest BCUT2D eigenvalue weighted by Gasteiger charge is 2.27.